The maximum Gasteiger partial charge on any atom is 0.130 e. The molecule has 0 unspecified atom stereocenters. The summed E-state index contributed by atoms with van der Waals surface area (Å²) < 4.78 is 13.9. The minimum Gasteiger partial charge on any atom is -0.206 e. The van der Waals surface area contributed by atoms with Gasteiger partial charge in [-0.2, -0.15) is 11.8 Å². The molecule has 5 heteroatoms. The molecular weight excluding hydrogens is 237 g/mol. The summed E-state index contributed by atoms with van der Waals surface area (Å²) >= 11 is 1.84. The van der Waals surface area contributed by atoms with Crippen LogP contribution in [0.15, 0.2) is 29.4 Å². The zero-order chi connectivity index (χ0) is 12.1. The summed E-state index contributed by atoms with van der Waals surface area (Å²) in [5, 5.41) is 3.52. The first-order valence-corrected chi connectivity index (χ1v) is 6.54. The predicted octanol–water partition coefficient (Wildman–Crippen LogP) is 4.16. The Morgan fingerprint density at radius 2 is 2.35 bits per heavy atom. The van der Waals surface area contributed by atoms with Crippen molar-refractivity contribution < 1.29 is 4.39 Å². The van der Waals surface area contributed by atoms with Crippen molar-refractivity contribution in [3.05, 3.63) is 51.7 Å². The fourth-order valence-electron chi connectivity index (χ4n) is 1.92. The molecule has 17 heavy (non-hydrogen) atoms. The van der Waals surface area contributed by atoms with Gasteiger partial charge in [-0.25, -0.2) is 4.39 Å². The Balaban J connectivity index is 2.42. The van der Waals surface area contributed by atoms with E-state index >= 15 is 0 Å². The Labute approximate surface area is 103 Å². The highest BCUT2D eigenvalue weighted by molar-refractivity contribution is 7.99. The van der Waals surface area contributed by atoms with Crippen molar-refractivity contribution in [2.75, 3.05) is 11.5 Å². The molecule has 2 rings (SSSR count). The Morgan fingerprint density at radius 1 is 1.47 bits per heavy atom. The number of hydrogen-bond acceptors (Lipinski definition) is 2. The van der Waals surface area contributed by atoms with Gasteiger partial charge in [0.1, 0.15) is 5.82 Å². The SMILES string of the molecule is [N-]=[N+]=NCc1cccc(F)c1C1=CCSCC1. The number of azide groups is 1. The van der Waals surface area contributed by atoms with E-state index in [1.807, 2.05) is 17.8 Å². The molecule has 0 aromatic heterocycles. The van der Waals surface area contributed by atoms with E-state index < -0.39 is 0 Å². The third-order valence-electron chi connectivity index (χ3n) is 2.69. The van der Waals surface area contributed by atoms with Crippen LogP contribution in [0.3, 0.4) is 0 Å². The molecule has 0 radical (unpaired) electrons. The molecular formula is C12H12FN3S. The van der Waals surface area contributed by atoms with Gasteiger partial charge in [-0.15, -0.1) is 0 Å². The first kappa shape index (κ1) is 12.0. The summed E-state index contributed by atoms with van der Waals surface area (Å²) in [7, 11) is 0. The molecule has 1 aromatic rings. The highest BCUT2D eigenvalue weighted by Gasteiger charge is 2.14. The van der Waals surface area contributed by atoms with Gasteiger partial charge in [0, 0.05) is 16.2 Å². The van der Waals surface area contributed by atoms with Crippen molar-refractivity contribution in [1.29, 1.82) is 0 Å². The van der Waals surface area contributed by atoms with Gasteiger partial charge in [0.2, 0.25) is 0 Å². The van der Waals surface area contributed by atoms with Crippen LogP contribution in [0.4, 0.5) is 4.39 Å². The Hall–Kier alpha value is -1.45. The van der Waals surface area contributed by atoms with Gasteiger partial charge in [0.25, 0.3) is 0 Å². The second kappa shape index (κ2) is 5.75. The van der Waals surface area contributed by atoms with Gasteiger partial charge >= 0.3 is 0 Å². The van der Waals surface area contributed by atoms with Crippen LogP contribution < -0.4 is 0 Å². The molecule has 0 amide bonds. The van der Waals surface area contributed by atoms with Gasteiger partial charge < -0.3 is 0 Å². The molecule has 88 valence electrons. The fourth-order valence-corrected chi connectivity index (χ4v) is 2.77. The first-order valence-electron chi connectivity index (χ1n) is 5.38. The molecule has 1 heterocycles. The highest BCUT2D eigenvalue weighted by Crippen LogP contribution is 2.30. The van der Waals surface area contributed by atoms with E-state index in [2.05, 4.69) is 16.1 Å². The number of allylic oxidation sites excluding steroid dienone is 1. The van der Waals surface area contributed by atoms with Crippen LogP contribution in [-0.2, 0) is 6.54 Å². The van der Waals surface area contributed by atoms with Crippen LogP contribution in [0.2, 0.25) is 0 Å². The molecule has 0 spiro atoms. The molecule has 0 saturated carbocycles. The lowest BCUT2D eigenvalue weighted by Crippen LogP contribution is -2.01. The standard InChI is InChI=1S/C12H12FN3S/c13-11-3-1-2-10(8-15-16-14)12(11)9-4-6-17-7-5-9/h1-4H,5-8H2. The first-order chi connectivity index (χ1) is 8.33. The smallest absolute Gasteiger partial charge is 0.130 e. The monoisotopic (exact) mass is 249 g/mol. The molecule has 1 aliphatic heterocycles. The van der Waals surface area contributed by atoms with E-state index in [0.29, 0.717) is 5.56 Å². The third kappa shape index (κ3) is 2.81. The maximum atomic E-state index is 13.9. The van der Waals surface area contributed by atoms with Crippen LogP contribution in [0, 0.1) is 5.82 Å². The van der Waals surface area contributed by atoms with Crippen LogP contribution in [0.1, 0.15) is 17.5 Å². The lowest BCUT2D eigenvalue weighted by atomic mass is 9.97. The number of hydrogen-bond donors (Lipinski definition) is 0. The third-order valence-corrected chi connectivity index (χ3v) is 3.58. The van der Waals surface area contributed by atoms with E-state index in [1.165, 1.54) is 6.07 Å². The van der Waals surface area contributed by atoms with Gasteiger partial charge in [-0.05, 0) is 34.9 Å². The zero-order valence-electron chi connectivity index (χ0n) is 9.27. The minimum absolute atomic E-state index is 0.202. The Bertz CT molecular complexity index is 493. The molecule has 0 atom stereocenters. The second-order valence-electron chi connectivity index (χ2n) is 3.72. The van der Waals surface area contributed by atoms with Crippen molar-refractivity contribution >= 4 is 17.3 Å². The Morgan fingerprint density at radius 3 is 3.06 bits per heavy atom. The normalized spacial score (nSPS) is 15.0. The van der Waals surface area contributed by atoms with E-state index in [1.54, 1.807) is 6.07 Å². The van der Waals surface area contributed by atoms with Gasteiger partial charge in [-0.3, -0.25) is 0 Å². The number of halogens is 1. The van der Waals surface area contributed by atoms with Crippen molar-refractivity contribution in [3.63, 3.8) is 0 Å². The largest absolute Gasteiger partial charge is 0.206 e. The summed E-state index contributed by atoms with van der Waals surface area (Å²) in [4.78, 5) is 2.73. The van der Waals surface area contributed by atoms with E-state index in [4.69, 9.17) is 5.53 Å². The van der Waals surface area contributed by atoms with E-state index in [-0.39, 0.29) is 12.4 Å². The molecule has 3 nitrogen and oxygen atoms in total. The molecule has 0 saturated heterocycles. The summed E-state index contributed by atoms with van der Waals surface area (Å²) in [5.74, 6) is 1.71. The topological polar surface area (TPSA) is 48.8 Å². The van der Waals surface area contributed by atoms with Crippen molar-refractivity contribution in [2.45, 2.75) is 13.0 Å². The summed E-state index contributed by atoms with van der Waals surface area (Å²) in [6.45, 7) is 0.202. The number of benzene rings is 1. The van der Waals surface area contributed by atoms with E-state index in [0.717, 1.165) is 29.1 Å². The van der Waals surface area contributed by atoms with Crippen LogP contribution in [0.25, 0.3) is 16.0 Å². The van der Waals surface area contributed by atoms with Crippen LogP contribution >= 0.6 is 11.8 Å². The summed E-state index contributed by atoms with van der Waals surface area (Å²) in [6, 6.07) is 4.92. The van der Waals surface area contributed by atoms with Crippen LogP contribution in [0.5, 0.6) is 0 Å². The zero-order valence-corrected chi connectivity index (χ0v) is 10.1. The number of thioether (sulfide) groups is 1. The highest BCUT2D eigenvalue weighted by atomic mass is 32.2. The number of nitrogens with zero attached hydrogens (tertiary/aromatic N) is 3. The molecule has 0 fully saturated rings. The lowest BCUT2D eigenvalue weighted by molar-refractivity contribution is 0.620. The molecule has 0 aliphatic carbocycles. The van der Waals surface area contributed by atoms with Crippen molar-refractivity contribution in [2.24, 2.45) is 5.11 Å². The van der Waals surface area contributed by atoms with Gasteiger partial charge in [-0.1, -0.05) is 23.3 Å². The van der Waals surface area contributed by atoms with E-state index in [9.17, 15) is 4.39 Å². The number of rotatable bonds is 3. The molecule has 1 aromatic carbocycles. The molecule has 0 N–H and O–H groups in total. The van der Waals surface area contributed by atoms with Crippen LogP contribution in [-0.4, -0.2) is 11.5 Å². The molecule has 1 aliphatic rings. The fraction of sp³-hybridized carbons (Fsp3) is 0.333. The minimum atomic E-state index is -0.228. The van der Waals surface area contributed by atoms with Crippen molar-refractivity contribution in [1.82, 2.24) is 0 Å². The second-order valence-corrected chi connectivity index (χ2v) is 4.87. The lowest BCUT2D eigenvalue weighted by Gasteiger charge is -2.16. The molecule has 0 bridgehead atoms. The quantitative estimate of drug-likeness (QED) is 0.451. The Kier molecular flexibility index (Phi) is 4.07. The predicted molar refractivity (Wildman–Crippen MR) is 69.2 cm³/mol. The van der Waals surface area contributed by atoms with Gasteiger partial charge in [0.15, 0.2) is 0 Å². The maximum absolute atomic E-state index is 13.9. The average molecular weight is 249 g/mol. The summed E-state index contributed by atoms with van der Waals surface area (Å²) in [6.07, 6.45) is 2.93. The van der Waals surface area contributed by atoms with Gasteiger partial charge in [0.05, 0.1) is 6.54 Å². The average Bonchev–Trinajstić information content (AvgIpc) is 2.37. The summed E-state index contributed by atoms with van der Waals surface area (Å²) in [5.41, 5.74) is 10.8. The van der Waals surface area contributed by atoms with Crippen molar-refractivity contribution in [3.8, 4) is 0 Å².